The molecule has 0 aliphatic heterocycles. The number of thioether (sulfide) groups is 1. The van der Waals surface area contributed by atoms with Gasteiger partial charge in [0.1, 0.15) is 5.82 Å². The molecular formula is C12H15N5OS2. The Balaban J connectivity index is 1.64. The van der Waals surface area contributed by atoms with E-state index in [-0.39, 0.29) is 5.91 Å². The van der Waals surface area contributed by atoms with Crippen LogP contribution in [-0.4, -0.2) is 25.7 Å². The van der Waals surface area contributed by atoms with Crippen molar-refractivity contribution >= 4 is 34.1 Å². The zero-order valence-electron chi connectivity index (χ0n) is 11.3. The Morgan fingerprint density at radius 1 is 1.55 bits per heavy atom. The number of thiazole rings is 1. The number of nitrogens with zero attached hydrogens (tertiary/aromatic N) is 4. The van der Waals surface area contributed by atoms with E-state index in [0.29, 0.717) is 11.2 Å². The lowest BCUT2D eigenvalue weighted by atomic mass is 10.6. The number of hydrogen-bond donors (Lipinski definition) is 1. The predicted molar refractivity (Wildman–Crippen MR) is 79.0 cm³/mol. The van der Waals surface area contributed by atoms with Gasteiger partial charge in [-0.2, -0.15) is 0 Å². The molecule has 1 amide bonds. The maximum absolute atomic E-state index is 11.0. The van der Waals surface area contributed by atoms with Gasteiger partial charge in [-0.05, 0) is 19.8 Å². The molecule has 2 heterocycles. The summed E-state index contributed by atoms with van der Waals surface area (Å²) in [6.45, 7) is 3.48. The first-order valence-electron chi connectivity index (χ1n) is 6.40. The van der Waals surface area contributed by atoms with Crippen LogP contribution < -0.4 is 5.32 Å². The number of aromatic nitrogens is 4. The van der Waals surface area contributed by atoms with E-state index in [2.05, 4.69) is 25.1 Å². The SMILES string of the molecule is CC(=O)Nc1nc(CSc2nnc(C)n2C2CC2)cs1. The van der Waals surface area contributed by atoms with Crippen LogP contribution in [0.5, 0.6) is 0 Å². The molecule has 20 heavy (non-hydrogen) atoms. The van der Waals surface area contributed by atoms with Crippen molar-refractivity contribution in [2.24, 2.45) is 0 Å². The molecule has 0 spiro atoms. The van der Waals surface area contributed by atoms with Gasteiger partial charge in [-0.15, -0.1) is 21.5 Å². The summed E-state index contributed by atoms with van der Waals surface area (Å²) in [5.41, 5.74) is 0.951. The number of nitrogens with one attached hydrogen (secondary N) is 1. The predicted octanol–water partition coefficient (Wildman–Crippen LogP) is 2.63. The van der Waals surface area contributed by atoms with E-state index in [1.807, 2.05) is 12.3 Å². The highest BCUT2D eigenvalue weighted by Gasteiger charge is 2.28. The second kappa shape index (κ2) is 5.53. The first-order chi connectivity index (χ1) is 9.63. The minimum Gasteiger partial charge on any atom is -0.303 e. The summed E-state index contributed by atoms with van der Waals surface area (Å²) >= 11 is 3.08. The molecule has 1 aliphatic rings. The van der Waals surface area contributed by atoms with E-state index in [1.165, 1.54) is 31.1 Å². The lowest BCUT2D eigenvalue weighted by Crippen LogP contribution is -2.05. The Labute approximate surface area is 125 Å². The molecular weight excluding hydrogens is 294 g/mol. The van der Waals surface area contributed by atoms with Crippen LogP contribution in [-0.2, 0) is 10.5 Å². The van der Waals surface area contributed by atoms with E-state index in [9.17, 15) is 4.79 Å². The molecule has 2 aromatic heterocycles. The first kappa shape index (κ1) is 13.6. The molecule has 0 aromatic carbocycles. The average molecular weight is 309 g/mol. The number of carbonyl (C=O) groups is 1. The van der Waals surface area contributed by atoms with Crippen LogP contribution in [0.15, 0.2) is 10.5 Å². The molecule has 1 fully saturated rings. The summed E-state index contributed by atoms with van der Waals surface area (Å²) in [6.07, 6.45) is 2.44. The zero-order valence-corrected chi connectivity index (χ0v) is 12.9. The van der Waals surface area contributed by atoms with Crippen molar-refractivity contribution in [1.82, 2.24) is 19.7 Å². The van der Waals surface area contributed by atoms with Gasteiger partial charge in [-0.25, -0.2) is 4.98 Å². The number of aryl methyl sites for hydroxylation is 1. The van der Waals surface area contributed by atoms with Crippen LogP contribution in [0.2, 0.25) is 0 Å². The van der Waals surface area contributed by atoms with Gasteiger partial charge in [-0.1, -0.05) is 11.8 Å². The fraction of sp³-hybridized carbons (Fsp3) is 0.500. The summed E-state index contributed by atoms with van der Waals surface area (Å²) in [5.74, 6) is 1.62. The van der Waals surface area contributed by atoms with Crippen molar-refractivity contribution in [2.45, 2.75) is 43.6 Å². The van der Waals surface area contributed by atoms with Crippen molar-refractivity contribution in [3.63, 3.8) is 0 Å². The molecule has 8 heteroatoms. The maximum atomic E-state index is 11.0. The smallest absolute Gasteiger partial charge is 0.223 e. The fourth-order valence-electron chi connectivity index (χ4n) is 1.92. The average Bonchev–Trinajstić information content (AvgIpc) is 3.02. The molecule has 2 aromatic rings. The second-order valence-electron chi connectivity index (χ2n) is 4.74. The van der Waals surface area contributed by atoms with Gasteiger partial charge < -0.3 is 9.88 Å². The third-order valence-corrected chi connectivity index (χ3v) is 4.71. The summed E-state index contributed by atoms with van der Waals surface area (Å²) in [5, 5.41) is 14.6. The minimum atomic E-state index is -0.0948. The molecule has 0 atom stereocenters. The standard InChI is InChI=1S/C12H15N5OS2/c1-7-15-16-12(17(7)10-3-4-10)20-6-9-5-19-11(14-9)13-8(2)18/h5,10H,3-4,6H2,1-2H3,(H,13,14,18). The summed E-state index contributed by atoms with van der Waals surface area (Å²) < 4.78 is 2.21. The van der Waals surface area contributed by atoms with E-state index < -0.39 is 0 Å². The quantitative estimate of drug-likeness (QED) is 0.860. The summed E-state index contributed by atoms with van der Waals surface area (Å²) in [4.78, 5) is 15.3. The van der Waals surface area contributed by atoms with Crippen molar-refractivity contribution < 1.29 is 4.79 Å². The molecule has 0 unspecified atom stereocenters. The Hall–Kier alpha value is -1.41. The van der Waals surface area contributed by atoms with Crippen LogP contribution >= 0.6 is 23.1 Å². The van der Waals surface area contributed by atoms with Crippen molar-refractivity contribution in [2.75, 3.05) is 5.32 Å². The zero-order chi connectivity index (χ0) is 14.1. The van der Waals surface area contributed by atoms with Gasteiger partial charge in [0.05, 0.1) is 5.69 Å². The Kier molecular flexibility index (Phi) is 3.75. The monoisotopic (exact) mass is 309 g/mol. The van der Waals surface area contributed by atoms with Gasteiger partial charge >= 0.3 is 0 Å². The summed E-state index contributed by atoms with van der Waals surface area (Å²) in [6, 6.07) is 0.581. The van der Waals surface area contributed by atoms with Crippen molar-refractivity contribution in [3.05, 3.63) is 16.9 Å². The number of rotatable bonds is 5. The van der Waals surface area contributed by atoms with E-state index in [1.54, 1.807) is 11.8 Å². The van der Waals surface area contributed by atoms with E-state index in [4.69, 9.17) is 0 Å². The Morgan fingerprint density at radius 2 is 2.35 bits per heavy atom. The molecule has 1 N–H and O–H groups in total. The molecule has 106 valence electrons. The van der Waals surface area contributed by atoms with Gasteiger partial charge in [-0.3, -0.25) is 4.79 Å². The van der Waals surface area contributed by atoms with E-state index in [0.717, 1.165) is 22.4 Å². The van der Waals surface area contributed by atoms with E-state index >= 15 is 0 Å². The fourth-order valence-corrected chi connectivity index (χ4v) is 3.73. The van der Waals surface area contributed by atoms with Crippen molar-refractivity contribution in [3.8, 4) is 0 Å². The van der Waals surface area contributed by atoms with Gasteiger partial charge in [0.25, 0.3) is 0 Å². The second-order valence-corrected chi connectivity index (χ2v) is 6.55. The third-order valence-electron chi connectivity index (χ3n) is 2.93. The maximum Gasteiger partial charge on any atom is 0.223 e. The van der Waals surface area contributed by atoms with Gasteiger partial charge in [0.2, 0.25) is 5.91 Å². The highest BCUT2D eigenvalue weighted by Crippen LogP contribution is 2.39. The number of anilines is 1. The van der Waals surface area contributed by atoms with Gasteiger partial charge in [0, 0.05) is 24.1 Å². The molecule has 6 nitrogen and oxygen atoms in total. The largest absolute Gasteiger partial charge is 0.303 e. The van der Waals surface area contributed by atoms with Gasteiger partial charge in [0.15, 0.2) is 10.3 Å². The number of amides is 1. The van der Waals surface area contributed by atoms with Crippen molar-refractivity contribution in [1.29, 1.82) is 0 Å². The molecule has 0 radical (unpaired) electrons. The Morgan fingerprint density at radius 3 is 3.05 bits per heavy atom. The minimum absolute atomic E-state index is 0.0948. The van der Waals surface area contributed by atoms with Crippen LogP contribution in [0.3, 0.4) is 0 Å². The first-order valence-corrected chi connectivity index (χ1v) is 8.26. The highest BCUT2D eigenvalue weighted by atomic mass is 32.2. The molecule has 0 saturated heterocycles. The highest BCUT2D eigenvalue weighted by molar-refractivity contribution is 7.98. The molecule has 1 aliphatic carbocycles. The lowest BCUT2D eigenvalue weighted by Gasteiger charge is -2.05. The van der Waals surface area contributed by atoms with Crippen LogP contribution in [0, 0.1) is 6.92 Å². The molecule has 3 rings (SSSR count). The number of carbonyl (C=O) groups excluding carboxylic acids is 1. The normalized spacial score (nSPS) is 14.5. The van der Waals surface area contributed by atoms with Crippen LogP contribution in [0.1, 0.15) is 37.3 Å². The Bertz CT molecular complexity index is 632. The topological polar surface area (TPSA) is 72.7 Å². The number of hydrogen-bond acceptors (Lipinski definition) is 6. The van der Waals surface area contributed by atoms with Crippen LogP contribution in [0.25, 0.3) is 0 Å². The summed E-state index contributed by atoms with van der Waals surface area (Å²) in [7, 11) is 0. The lowest BCUT2D eigenvalue weighted by molar-refractivity contribution is -0.114. The van der Waals surface area contributed by atoms with Crippen LogP contribution in [0.4, 0.5) is 5.13 Å². The third kappa shape index (κ3) is 3.01. The molecule has 1 saturated carbocycles. The molecule has 0 bridgehead atoms.